The van der Waals surface area contributed by atoms with E-state index in [9.17, 15) is 4.79 Å². The predicted molar refractivity (Wildman–Crippen MR) is 87.7 cm³/mol. The van der Waals surface area contributed by atoms with Gasteiger partial charge < -0.3 is 24.4 Å². The summed E-state index contributed by atoms with van der Waals surface area (Å²) in [5.74, 6) is 0.644. The number of rotatable bonds is 3. The van der Waals surface area contributed by atoms with Gasteiger partial charge >= 0.3 is 13.2 Å². The molecule has 0 spiro atoms. The first kappa shape index (κ1) is 17.6. The SMILES string of the molecule is CC(C)(C)OC(=O)N1CCCC(Oc2ccc(B(O)O)cc2)C1. The largest absolute Gasteiger partial charge is 0.489 e. The zero-order chi connectivity index (χ0) is 17.0. The average molecular weight is 321 g/mol. The Kier molecular flexibility index (Phi) is 5.54. The molecule has 1 fully saturated rings. The van der Waals surface area contributed by atoms with Crippen molar-refractivity contribution in [1.82, 2.24) is 4.90 Å². The standard InChI is InChI=1S/C16H24BNO5/c1-16(2,3)23-15(19)18-10-4-5-14(11-18)22-13-8-6-12(7-9-13)17(20)21/h6-9,14,20-21H,4-5,10-11H2,1-3H3. The first-order valence-electron chi connectivity index (χ1n) is 7.85. The van der Waals surface area contributed by atoms with Crippen molar-refractivity contribution in [2.45, 2.75) is 45.3 Å². The summed E-state index contributed by atoms with van der Waals surface area (Å²) >= 11 is 0. The van der Waals surface area contributed by atoms with E-state index < -0.39 is 12.7 Å². The van der Waals surface area contributed by atoms with E-state index in [0.29, 0.717) is 24.3 Å². The summed E-state index contributed by atoms with van der Waals surface area (Å²) in [6, 6.07) is 6.60. The third-order valence-corrected chi connectivity index (χ3v) is 3.51. The molecule has 2 N–H and O–H groups in total. The van der Waals surface area contributed by atoms with E-state index >= 15 is 0 Å². The van der Waals surface area contributed by atoms with Gasteiger partial charge in [0.1, 0.15) is 17.5 Å². The Labute approximate surface area is 137 Å². The van der Waals surface area contributed by atoms with Crippen LogP contribution in [0.1, 0.15) is 33.6 Å². The Hall–Kier alpha value is -1.73. The molecule has 23 heavy (non-hydrogen) atoms. The number of nitrogens with zero attached hydrogens (tertiary/aromatic N) is 1. The van der Waals surface area contributed by atoms with E-state index in [1.165, 1.54) is 0 Å². The normalized spacial score (nSPS) is 18.5. The topological polar surface area (TPSA) is 79.2 Å². The number of carbonyl (C=O) groups is 1. The summed E-state index contributed by atoms with van der Waals surface area (Å²) in [5.41, 5.74) is -0.0948. The molecular formula is C16H24BNO5. The van der Waals surface area contributed by atoms with Gasteiger partial charge in [0.05, 0.1) is 6.54 Å². The van der Waals surface area contributed by atoms with Gasteiger partial charge in [0.2, 0.25) is 0 Å². The lowest BCUT2D eigenvalue weighted by Gasteiger charge is -2.34. The highest BCUT2D eigenvalue weighted by Gasteiger charge is 2.28. The third-order valence-electron chi connectivity index (χ3n) is 3.51. The summed E-state index contributed by atoms with van der Waals surface area (Å²) in [6.07, 6.45) is 1.31. The zero-order valence-corrected chi connectivity index (χ0v) is 13.9. The van der Waals surface area contributed by atoms with Crippen molar-refractivity contribution in [2.75, 3.05) is 13.1 Å². The Morgan fingerprint density at radius 2 is 1.91 bits per heavy atom. The maximum atomic E-state index is 12.1. The number of likely N-dealkylation sites (tertiary alicyclic amines) is 1. The van der Waals surface area contributed by atoms with Crippen molar-refractivity contribution in [3.8, 4) is 5.75 Å². The van der Waals surface area contributed by atoms with Gasteiger partial charge in [-0.3, -0.25) is 0 Å². The number of hydrogen-bond acceptors (Lipinski definition) is 5. The second-order valence-corrected chi connectivity index (χ2v) is 6.75. The molecular weight excluding hydrogens is 297 g/mol. The van der Waals surface area contributed by atoms with Crippen LogP contribution in [0.4, 0.5) is 4.79 Å². The molecule has 1 amide bonds. The Balaban J connectivity index is 1.92. The number of hydrogen-bond donors (Lipinski definition) is 2. The van der Waals surface area contributed by atoms with Gasteiger partial charge in [-0.05, 0) is 51.2 Å². The maximum absolute atomic E-state index is 12.1. The van der Waals surface area contributed by atoms with Gasteiger partial charge in [0.25, 0.3) is 0 Å². The monoisotopic (exact) mass is 321 g/mol. The van der Waals surface area contributed by atoms with Gasteiger partial charge in [-0.15, -0.1) is 0 Å². The Bertz CT molecular complexity index is 526. The fourth-order valence-corrected chi connectivity index (χ4v) is 2.44. The molecule has 0 aromatic heterocycles. The molecule has 2 rings (SSSR count). The lowest BCUT2D eigenvalue weighted by molar-refractivity contribution is 0.00776. The second kappa shape index (κ2) is 7.23. The highest BCUT2D eigenvalue weighted by atomic mass is 16.6. The van der Waals surface area contributed by atoms with Gasteiger partial charge in [0.15, 0.2) is 0 Å². The van der Waals surface area contributed by atoms with Crippen molar-refractivity contribution < 1.29 is 24.3 Å². The van der Waals surface area contributed by atoms with Gasteiger partial charge in [-0.2, -0.15) is 0 Å². The zero-order valence-electron chi connectivity index (χ0n) is 13.9. The van der Waals surface area contributed by atoms with E-state index in [4.69, 9.17) is 19.5 Å². The average Bonchev–Trinajstić information content (AvgIpc) is 2.46. The number of amides is 1. The summed E-state index contributed by atoms with van der Waals surface area (Å²) in [5, 5.41) is 18.2. The van der Waals surface area contributed by atoms with E-state index in [2.05, 4.69) is 0 Å². The first-order valence-corrected chi connectivity index (χ1v) is 7.85. The van der Waals surface area contributed by atoms with Crippen LogP contribution in [0.5, 0.6) is 5.75 Å². The van der Waals surface area contributed by atoms with E-state index in [1.807, 2.05) is 20.8 Å². The molecule has 0 bridgehead atoms. The predicted octanol–water partition coefficient (Wildman–Crippen LogP) is 1.14. The van der Waals surface area contributed by atoms with Crippen LogP contribution < -0.4 is 10.2 Å². The van der Waals surface area contributed by atoms with Gasteiger partial charge in [0, 0.05) is 6.54 Å². The van der Waals surface area contributed by atoms with Gasteiger partial charge in [-0.1, -0.05) is 12.1 Å². The summed E-state index contributed by atoms with van der Waals surface area (Å²) < 4.78 is 11.3. The van der Waals surface area contributed by atoms with Crippen LogP contribution in [0.25, 0.3) is 0 Å². The van der Waals surface area contributed by atoms with Crippen LogP contribution in [0.2, 0.25) is 0 Å². The lowest BCUT2D eigenvalue weighted by Crippen LogP contribution is -2.46. The van der Waals surface area contributed by atoms with Crippen LogP contribution in [-0.2, 0) is 4.74 Å². The molecule has 1 atom stereocenters. The van der Waals surface area contributed by atoms with Gasteiger partial charge in [-0.25, -0.2) is 4.79 Å². The molecule has 0 aliphatic carbocycles. The van der Waals surface area contributed by atoms with Crippen molar-refractivity contribution in [3.05, 3.63) is 24.3 Å². The van der Waals surface area contributed by atoms with E-state index in [-0.39, 0.29) is 12.2 Å². The number of piperidine rings is 1. The molecule has 1 unspecified atom stereocenters. The van der Waals surface area contributed by atoms with Crippen molar-refractivity contribution in [2.24, 2.45) is 0 Å². The minimum absolute atomic E-state index is 0.0961. The highest BCUT2D eigenvalue weighted by Crippen LogP contribution is 2.19. The molecule has 1 aromatic carbocycles. The number of benzene rings is 1. The molecule has 0 radical (unpaired) electrons. The number of carbonyl (C=O) groups excluding carboxylic acids is 1. The van der Waals surface area contributed by atoms with Crippen LogP contribution in [-0.4, -0.2) is 53.0 Å². The highest BCUT2D eigenvalue weighted by molar-refractivity contribution is 6.58. The summed E-state index contributed by atoms with van der Waals surface area (Å²) in [7, 11) is -1.48. The lowest BCUT2D eigenvalue weighted by atomic mass is 9.80. The Morgan fingerprint density at radius 1 is 1.26 bits per heavy atom. The molecule has 1 saturated heterocycles. The van der Waals surface area contributed by atoms with Crippen LogP contribution in [0.15, 0.2) is 24.3 Å². The smallest absolute Gasteiger partial charge is 0.488 e. The molecule has 1 heterocycles. The Morgan fingerprint density at radius 3 is 2.48 bits per heavy atom. The molecule has 7 heteroatoms. The van der Waals surface area contributed by atoms with E-state index in [0.717, 1.165) is 12.8 Å². The molecule has 6 nitrogen and oxygen atoms in total. The molecule has 1 aliphatic heterocycles. The van der Waals surface area contributed by atoms with Crippen molar-refractivity contribution in [3.63, 3.8) is 0 Å². The minimum atomic E-state index is -1.48. The molecule has 1 aliphatic rings. The molecule has 0 saturated carbocycles. The quantitative estimate of drug-likeness (QED) is 0.817. The maximum Gasteiger partial charge on any atom is 0.488 e. The van der Waals surface area contributed by atoms with Crippen molar-refractivity contribution >= 4 is 18.7 Å². The fraction of sp³-hybridized carbons (Fsp3) is 0.562. The summed E-state index contributed by atoms with van der Waals surface area (Å²) in [4.78, 5) is 13.8. The molecule has 126 valence electrons. The fourth-order valence-electron chi connectivity index (χ4n) is 2.44. The third kappa shape index (κ3) is 5.44. The van der Waals surface area contributed by atoms with Crippen LogP contribution in [0, 0.1) is 0 Å². The number of ether oxygens (including phenoxy) is 2. The molecule has 1 aromatic rings. The van der Waals surface area contributed by atoms with Crippen molar-refractivity contribution in [1.29, 1.82) is 0 Å². The van der Waals surface area contributed by atoms with Crippen LogP contribution in [0.3, 0.4) is 0 Å². The second-order valence-electron chi connectivity index (χ2n) is 6.75. The first-order chi connectivity index (χ1) is 10.7. The minimum Gasteiger partial charge on any atom is -0.489 e. The summed E-state index contributed by atoms with van der Waals surface area (Å²) in [6.45, 7) is 6.70. The van der Waals surface area contributed by atoms with Crippen LogP contribution >= 0.6 is 0 Å². The van der Waals surface area contributed by atoms with E-state index in [1.54, 1.807) is 29.2 Å².